The van der Waals surface area contributed by atoms with Gasteiger partial charge in [0.25, 0.3) is 0 Å². The fourth-order valence-corrected chi connectivity index (χ4v) is 3.33. The van der Waals surface area contributed by atoms with Crippen molar-refractivity contribution in [2.24, 2.45) is 0 Å². The van der Waals surface area contributed by atoms with E-state index in [0.29, 0.717) is 16.8 Å². The van der Waals surface area contributed by atoms with Crippen LogP contribution in [0.15, 0.2) is 35.7 Å². The molecule has 0 aliphatic carbocycles. The van der Waals surface area contributed by atoms with Gasteiger partial charge in [-0.15, -0.1) is 0 Å². The van der Waals surface area contributed by atoms with Crippen LogP contribution < -0.4 is 9.80 Å². The van der Waals surface area contributed by atoms with Gasteiger partial charge in [-0.1, -0.05) is 17.8 Å². The van der Waals surface area contributed by atoms with Crippen LogP contribution in [0.3, 0.4) is 0 Å². The first-order valence-electron chi connectivity index (χ1n) is 7.93. The van der Waals surface area contributed by atoms with E-state index in [4.69, 9.17) is 0 Å². The molecule has 24 heavy (non-hydrogen) atoms. The fourth-order valence-electron chi connectivity index (χ4n) is 2.99. The van der Waals surface area contributed by atoms with Gasteiger partial charge >= 0.3 is 0 Å². The molecule has 1 saturated heterocycles. The van der Waals surface area contributed by atoms with E-state index in [0.717, 1.165) is 37.6 Å². The van der Waals surface area contributed by atoms with Crippen molar-refractivity contribution in [3.8, 4) is 6.07 Å². The number of piperidine rings is 1. The van der Waals surface area contributed by atoms with Crippen molar-refractivity contribution in [1.82, 2.24) is 15.0 Å². The molecule has 0 atom stereocenters. The van der Waals surface area contributed by atoms with Gasteiger partial charge in [0.15, 0.2) is 11.0 Å². The van der Waals surface area contributed by atoms with Gasteiger partial charge in [0, 0.05) is 32.4 Å². The highest BCUT2D eigenvalue weighted by molar-refractivity contribution is 7.98. The minimum atomic E-state index is 0.448. The lowest BCUT2D eigenvalue weighted by Gasteiger charge is -2.38. The summed E-state index contributed by atoms with van der Waals surface area (Å²) >= 11 is 1.49. The van der Waals surface area contributed by atoms with Crippen molar-refractivity contribution in [2.75, 3.05) is 36.2 Å². The second-order valence-corrected chi connectivity index (χ2v) is 6.50. The highest BCUT2D eigenvalue weighted by atomic mass is 32.2. The lowest BCUT2D eigenvalue weighted by Crippen LogP contribution is -2.44. The third-order valence-corrected chi connectivity index (χ3v) is 4.93. The Morgan fingerprint density at radius 1 is 1.29 bits per heavy atom. The van der Waals surface area contributed by atoms with Crippen LogP contribution in [-0.4, -0.2) is 47.4 Å². The number of thioether (sulfide) groups is 1. The van der Waals surface area contributed by atoms with E-state index in [9.17, 15) is 5.26 Å². The lowest BCUT2D eigenvalue weighted by atomic mass is 10.0. The summed E-state index contributed by atoms with van der Waals surface area (Å²) in [5.41, 5.74) is 0.546. The number of aromatic nitrogens is 3. The number of pyridine rings is 1. The largest absolute Gasteiger partial charge is 0.357 e. The van der Waals surface area contributed by atoms with Crippen LogP contribution in [0.1, 0.15) is 18.4 Å². The van der Waals surface area contributed by atoms with Gasteiger partial charge in [-0.25, -0.2) is 15.0 Å². The first-order chi connectivity index (χ1) is 11.7. The van der Waals surface area contributed by atoms with Crippen LogP contribution in [0, 0.1) is 11.3 Å². The summed E-state index contributed by atoms with van der Waals surface area (Å²) in [4.78, 5) is 17.6. The van der Waals surface area contributed by atoms with Crippen LogP contribution in [-0.2, 0) is 0 Å². The Hall–Kier alpha value is -2.33. The summed E-state index contributed by atoms with van der Waals surface area (Å²) in [5, 5.41) is 10.0. The molecule has 0 saturated carbocycles. The number of rotatable bonds is 4. The number of hydrogen-bond donors (Lipinski definition) is 0. The lowest BCUT2D eigenvalue weighted by molar-refractivity contribution is 0.477. The predicted molar refractivity (Wildman–Crippen MR) is 96.4 cm³/mol. The van der Waals surface area contributed by atoms with E-state index >= 15 is 0 Å². The van der Waals surface area contributed by atoms with Crippen molar-refractivity contribution in [3.63, 3.8) is 0 Å². The first kappa shape index (κ1) is 16.5. The van der Waals surface area contributed by atoms with Crippen LogP contribution in [0.2, 0.25) is 0 Å². The van der Waals surface area contributed by atoms with Crippen LogP contribution in [0.25, 0.3) is 0 Å². The van der Waals surface area contributed by atoms with Crippen molar-refractivity contribution in [3.05, 3.63) is 36.2 Å². The molecule has 0 amide bonds. The van der Waals surface area contributed by atoms with Crippen molar-refractivity contribution in [2.45, 2.75) is 24.0 Å². The molecule has 1 aliphatic heterocycles. The van der Waals surface area contributed by atoms with Gasteiger partial charge in [0.1, 0.15) is 17.5 Å². The third kappa shape index (κ3) is 3.44. The quantitative estimate of drug-likeness (QED) is 0.626. The van der Waals surface area contributed by atoms with Crippen molar-refractivity contribution in [1.29, 1.82) is 5.26 Å². The van der Waals surface area contributed by atoms with E-state index in [-0.39, 0.29) is 0 Å². The normalized spacial score (nSPS) is 15.1. The molecule has 0 spiro atoms. The maximum Gasteiger partial charge on any atom is 0.189 e. The van der Waals surface area contributed by atoms with Crippen LogP contribution in [0.5, 0.6) is 0 Å². The van der Waals surface area contributed by atoms with Crippen molar-refractivity contribution < 1.29 is 0 Å². The van der Waals surface area contributed by atoms with E-state index in [1.54, 1.807) is 6.20 Å². The molecule has 0 bridgehead atoms. The minimum Gasteiger partial charge on any atom is -0.357 e. The molecule has 0 aromatic carbocycles. The second kappa shape index (κ2) is 7.49. The summed E-state index contributed by atoms with van der Waals surface area (Å²) in [6.45, 7) is 1.75. The zero-order valence-corrected chi connectivity index (χ0v) is 14.7. The number of nitrogens with zero attached hydrogens (tertiary/aromatic N) is 6. The smallest absolute Gasteiger partial charge is 0.189 e. The predicted octanol–water partition coefficient (Wildman–Crippen LogP) is 2.57. The Morgan fingerprint density at radius 2 is 2.08 bits per heavy atom. The van der Waals surface area contributed by atoms with Gasteiger partial charge < -0.3 is 9.80 Å². The topological polar surface area (TPSA) is 68.9 Å². The monoisotopic (exact) mass is 340 g/mol. The molecule has 3 heterocycles. The Bertz CT molecular complexity index is 722. The first-order valence-corrected chi connectivity index (χ1v) is 9.15. The molecule has 2 aromatic heterocycles. The van der Waals surface area contributed by atoms with Gasteiger partial charge in [0.2, 0.25) is 0 Å². The highest BCUT2D eigenvalue weighted by Gasteiger charge is 2.25. The standard InChI is InChI=1S/C17H20N6S/c1-22(15-5-3-4-8-19-15)14-6-9-23(10-7-14)16-13(11-18)12-20-17(21-16)24-2/h3-5,8,12,14H,6-7,9-10H2,1-2H3. The molecule has 0 N–H and O–H groups in total. The van der Waals surface area contributed by atoms with E-state index in [1.165, 1.54) is 11.8 Å². The molecule has 1 fully saturated rings. The number of nitriles is 1. The summed E-state index contributed by atoms with van der Waals surface area (Å²) < 4.78 is 0. The van der Waals surface area contributed by atoms with E-state index < -0.39 is 0 Å². The molecular weight excluding hydrogens is 320 g/mol. The van der Waals surface area contributed by atoms with Gasteiger partial charge in [-0.2, -0.15) is 5.26 Å². The molecular formula is C17H20N6S. The molecule has 0 radical (unpaired) electrons. The van der Waals surface area contributed by atoms with Crippen LogP contribution >= 0.6 is 11.8 Å². The third-order valence-electron chi connectivity index (χ3n) is 4.37. The SMILES string of the molecule is CSc1ncc(C#N)c(N2CCC(N(C)c3ccccn3)CC2)n1. The molecule has 0 unspecified atom stereocenters. The minimum absolute atomic E-state index is 0.448. The van der Waals surface area contributed by atoms with E-state index in [1.807, 2.05) is 30.7 Å². The summed E-state index contributed by atoms with van der Waals surface area (Å²) in [6.07, 6.45) is 7.41. The molecule has 3 rings (SSSR count). The average molecular weight is 340 g/mol. The maximum atomic E-state index is 9.32. The van der Waals surface area contributed by atoms with Gasteiger partial charge in [-0.3, -0.25) is 0 Å². The van der Waals surface area contributed by atoms with Crippen LogP contribution in [0.4, 0.5) is 11.6 Å². The summed E-state index contributed by atoms with van der Waals surface area (Å²) in [6, 6.07) is 8.64. The van der Waals surface area contributed by atoms with Gasteiger partial charge in [-0.05, 0) is 31.2 Å². The van der Waals surface area contributed by atoms with Crippen molar-refractivity contribution >= 4 is 23.4 Å². The zero-order chi connectivity index (χ0) is 16.9. The molecule has 7 heteroatoms. The zero-order valence-electron chi connectivity index (χ0n) is 13.9. The molecule has 124 valence electrons. The maximum absolute atomic E-state index is 9.32. The number of hydrogen-bond acceptors (Lipinski definition) is 7. The van der Waals surface area contributed by atoms with Gasteiger partial charge in [0.05, 0.1) is 6.20 Å². The summed E-state index contributed by atoms with van der Waals surface area (Å²) in [5.74, 6) is 1.76. The molecule has 6 nitrogen and oxygen atoms in total. The second-order valence-electron chi connectivity index (χ2n) is 5.72. The highest BCUT2D eigenvalue weighted by Crippen LogP contribution is 2.26. The Morgan fingerprint density at radius 3 is 2.71 bits per heavy atom. The number of anilines is 2. The Balaban J connectivity index is 1.70. The summed E-state index contributed by atoms with van der Waals surface area (Å²) in [7, 11) is 2.10. The Labute approximate surface area is 146 Å². The van der Waals surface area contributed by atoms with E-state index in [2.05, 4.69) is 37.9 Å². The average Bonchev–Trinajstić information content (AvgIpc) is 2.67. The molecule has 2 aromatic rings. The fraction of sp³-hybridized carbons (Fsp3) is 0.412. The molecule has 1 aliphatic rings. The Kier molecular flexibility index (Phi) is 5.16.